The normalized spacial score (nSPS) is 11.2. The molecule has 0 spiro atoms. The number of sulfonamides is 1. The largest absolute Gasteiger partial charge is 0.495 e. The van der Waals surface area contributed by atoms with Gasteiger partial charge in [0.15, 0.2) is 0 Å². The Morgan fingerprint density at radius 2 is 1.75 bits per heavy atom. The highest BCUT2D eigenvalue weighted by molar-refractivity contribution is 7.92. The highest BCUT2D eigenvalue weighted by Gasteiger charge is 2.16. The van der Waals surface area contributed by atoms with Crippen molar-refractivity contribution in [2.24, 2.45) is 0 Å². The Labute approximate surface area is 123 Å². The molecule has 0 saturated heterocycles. The molecule has 1 N–H and O–H groups in total. The first-order valence-electron chi connectivity index (χ1n) is 5.85. The first-order chi connectivity index (χ1) is 9.42. The number of hydrogen-bond acceptors (Lipinski definition) is 3. The van der Waals surface area contributed by atoms with Gasteiger partial charge in [-0.1, -0.05) is 29.3 Å². The molecule has 0 bridgehead atoms. The maximum Gasteiger partial charge on any atom is 0.262 e. The molecule has 0 fully saturated rings. The second kappa shape index (κ2) is 5.73. The molecule has 0 atom stereocenters. The van der Waals surface area contributed by atoms with E-state index in [1.54, 1.807) is 36.4 Å². The summed E-state index contributed by atoms with van der Waals surface area (Å²) in [6, 6.07) is 11.3. The first-order valence-corrected chi connectivity index (χ1v) is 7.71. The summed E-state index contributed by atoms with van der Waals surface area (Å²) in [6.45, 7) is 1.89. The maximum atomic E-state index is 12.3. The van der Waals surface area contributed by atoms with Crippen molar-refractivity contribution in [3.8, 4) is 5.75 Å². The molecule has 0 heterocycles. The number of halogens is 1. The Morgan fingerprint density at radius 1 is 1.10 bits per heavy atom. The van der Waals surface area contributed by atoms with Crippen molar-refractivity contribution in [3.05, 3.63) is 53.1 Å². The molecule has 0 aliphatic carbocycles. The molecule has 2 rings (SSSR count). The molecule has 0 radical (unpaired) electrons. The zero-order chi connectivity index (χ0) is 14.8. The summed E-state index contributed by atoms with van der Waals surface area (Å²) in [5.41, 5.74) is 1.30. The lowest BCUT2D eigenvalue weighted by molar-refractivity contribution is 0.417. The minimum absolute atomic E-state index is 0.185. The first kappa shape index (κ1) is 14.7. The van der Waals surface area contributed by atoms with Crippen LogP contribution in [-0.2, 0) is 10.0 Å². The number of benzene rings is 2. The van der Waals surface area contributed by atoms with E-state index in [4.69, 9.17) is 16.3 Å². The van der Waals surface area contributed by atoms with E-state index in [1.807, 2.05) is 6.92 Å². The van der Waals surface area contributed by atoms with Crippen molar-refractivity contribution in [2.45, 2.75) is 11.8 Å². The standard InChI is InChI=1S/C14H14ClNO3S/c1-10-3-6-12(7-4-10)20(17,18)16-13-9-11(15)5-8-14(13)19-2/h3-9,16H,1-2H3. The van der Waals surface area contributed by atoms with Gasteiger partial charge in [-0.05, 0) is 37.3 Å². The Morgan fingerprint density at radius 3 is 2.35 bits per heavy atom. The smallest absolute Gasteiger partial charge is 0.262 e. The van der Waals surface area contributed by atoms with Crippen molar-refractivity contribution in [2.75, 3.05) is 11.8 Å². The third-order valence-corrected chi connectivity index (χ3v) is 4.35. The van der Waals surface area contributed by atoms with Crippen molar-refractivity contribution < 1.29 is 13.2 Å². The van der Waals surface area contributed by atoms with E-state index in [9.17, 15) is 8.42 Å². The Kier molecular flexibility index (Phi) is 4.20. The average molecular weight is 312 g/mol. The third-order valence-electron chi connectivity index (χ3n) is 2.74. The molecule has 0 aromatic heterocycles. The zero-order valence-electron chi connectivity index (χ0n) is 11.1. The van der Waals surface area contributed by atoms with Gasteiger partial charge < -0.3 is 4.74 Å². The van der Waals surface area contributed by atoms with Crippen LogP contribution >= 0.6 is 11.6 Å². The summed E-state index contributed by atoms with van der Waals surface area (Å²) in [4.78, 5) is 0.185. The number of ether oxygens (including phenoxy) is 1. The predicted octanol–water partition coefficient (Wildman–Crippen LogP) is 3.46. The van der Waals surface area contributed by atoms with Gasteiger partial charge in [0.2, 0.25) is 0 Å². The van der Waals surface area contributed by atoms with E-state index >= 15 is 0 Å². The lowest BCUT2D eigenvalue weighted by atomic mass is 10.2. The Balaban J connectivity index is 2.37. The maximum absolute atomic E-state index is 12.3. The molecule has 6 heteroatoms. The number of nitrogens with one attached hydrogen (secondary N) is 1. The van der Waals surface area contributed by atoms with Gasteiger partial charge in [0, 0.05) is 5.02 Å². The van der Waals surface area contributed by atoms with Crippen molar-refractivity contribution in [3.63, 3.8) is 0 Å². The molecular weight excluding hydrogens is 298 g/mol. The van der Waals surface area contributed by atoms with E-state index in [0.717, 1.165) is 5.56 Å². The van der Waals surface area contributed by atoms with Gasteiger partial charge in [-0.3, -0.25) is 4.72 Å². The summed E-state index contributed by atoms with van der Waals surface area (Å²) in [5.74, 6) is 0.407. The van der Waals surface area contributed by atoms with Gasteiger partial charge in [0.1, 0.15) is 5.75 Å². The fourth-order valence-corrected chi connectivity index (χ4v) is 2.91. The van der Waals surface area contributed by atoms with Crippen LogP contribution in [0.2, 0.25) is 5.02 Å². The summed E-state index contributed by atoms with van der Waals surface area (Å²) in [5, 5.41) is 0.424. The molecule has 0 saturated carbocycles. The quantitative estimate of drug-likeness (QED) is 0.940. The van der Waals surface area contributed by atoms with Gasteiger partial charge >= 0.3 is 0 Å². The van der Waals surface area contributed by atoms with E-state index in [0.29, 0.717) is 16.5 Å². The van der Waals surface area contributed by atoms with Crippen LogP contribution in [0.5, 0.6) is 5.75 Å². The van der Waals surface area contributed by atoms with Crippen LogP contribution in [0.3, 0.4) is 0 Å². The van der Waals surface area contributed by atoms with E-state index < -0.39 is 10.0 Å². The highest BCUT2D eigenvalue weighted by Crippen LogP contribution is 2.29. The van der Waals surface area contributed by atoms with Crippen LogP contribution in [0.15, 0.2) is 47.4 Å². The van der Waals surface area contributed by atoms with Gasteiger partial charge in [-0.15, -0.1) is 0 Å². The molecule has 2 aromatic carbocycles. The molecule has 20 heavy (non-hydrogen) atoms. The minimum Gasteiger partial charge on any atom is -0.495 e. The second-order valence-electron chi connectivity index (χ2n) is 4.26. The predicted molar refractivity (Wildman–Crippen MR) is 80.0 cm³/mol. The van der Waals surface area contributed by atoms with E-state index in [2.05, 4.69) is 4.72 Å². The third kappa shape index (κ3) is 3.23. The summed E-state index contributed by atoms with van der Waals surface area (Å²) >= 11 is 5.88. The fourth-order valence-electron chi connectivity index (χ4n) is 1.68. The number of methoxy groups -OCH3 is 1. The van der Waals surface area contributed by atoms with Crippen molar-refractivity contribution in [1.82, 2.24) is 0 Å². The molecule has 2 aromatic rings. The Hall–Kier alpha value is -1.72. The molecule has 106 valence electrons. The van der Waals surface area contributed by atoms with Crippen LogP contribution in [-0.4, -0.2) is 15.5 Å². The Bertz CT molecular complexity index is 712. The number of rotatable bonds is 4. The van der Waals surface area contributed by atoms with E-state index in [1.165, 1.54) is 13.2 Å². The second-order valence-corrected chi connectivity index (χ2v) is 6.38. The van der Waals surface area contributed by atoms with Crippen molar-refractivity contribution in [1.29, 1.82) is 0 Å². The van der Waals surface area contributed by atoms with Gasteiger partial charge in [-0.2, -0.15) is 0 Å². The summed E-state index contributed by atoms with van der Waals surface area (Å²) in [7, 11) is -2.20. The monoisotopic (exact) mass is 311 g/mol. The number of hydrogen-bond donors (Lipinski definition) is 1. The van der Waals surface area contributed by atoms with Crippen LogP contribution in [0.1, 0.15) is 5.56 Å². The molecule has 0 aliphatic heterocycles. The SMILES string of the molecule is COc1ccc(Cl)cc1NS(=O)(=O)c1ccc(C)cc1. The molecule has 0 aliphatic rings. The van der Waals surface area contributed by atoms with E-state index in [-0.39, 0.29) is 4.90 Å². The highest BCUT2D eigenvalue weighted by atomic mass is 35.5. The lowest BCUT2D eigenvalue weighted by Crippen LogP contribution is -2.13. The van der Waals surface area contributed by atoms with Crippen LogP contribution in [0.4, 0.5) is 5.69 Å². The molecule has 0 unspecified atom stereocenters. The summed E-state index contributed by atoms with van der Waals surface area (Å²) in [6.07, 6.45) is 0. The number of aryl methyl sites for hydroxylation is 1. The summed E-state index contributed by atoms with van der Waals surface area (Å²) < 4.78 is 32.2. The van der Waals surface area contributed by atoms with Crippen LogP contribution in [0, 0.1) is 6.92 Å². The minimum atomic E-state index is -3.67. The molecule has 0 amide bonds. The van der Waals surface area contributed by atoms with Gasteiger partial charge in [0.25, 0.3) is 10.0 Å². The van der Waals surface area contributed by atoms with Gasteiger partial charge in [0.05, 0.1) is 17.7 Å². The molecular formula is C14H14ClNO3S. The lowest BCUT2D eigenvalue weighted by Gasteiger charge is -2.12. The van der Waals surface area contributed by atoms with Crippen LogP contribution in [0.25, 0.3) is 0 Å². The zero-order valence-corrected chi connectivity index (χ0v) is 12.6. The average Bonchev–Trinajstić information content (AvgIpc) is 2.39. The number of anilines is 1. The van der Waals surface area contributed by atoms with Crippen LogP contribution < -0.4 is 9.46 Å². The van der Waals surface area contributed by atoms with Gasteiger partial charge in [-0.25, -0.2) is 8.42 Å². The fraction of sp³-hybridized carbons (Fsp3) is 0.143. The topological polar surface area (TPSA) is 55.4 Å². The molecule has 4 nitrogen and oxygen atoms in total. The van der Waals surface area contributed by atoms with Crippen molar-refractivity contribution >= 4 is 27.3 Å².